The normalized spacial score (nSPS) is 14.5. The number of amides is 1. The molecule has 2 aromatic heterocycles. The van der Waals surface area contributed by atoms with Crippen LogP contribution in [0.1, 0.15) is 35.6 Å². The van der Waals surface area contributed by atoms with Crippen molar-refractivity contribution in [3.05, 3.63) is 75.8 Å². The molecule has 1 aliphatic heterocycles. The first-order valence-electron chi connectivity index (χ1n) is 11.3. The molecule has 9 heteroatoms. The van der Waals surface area contributed by atoms with Crippen LogP contribution in [0, 0.1) is 6.92 Å². The molecule has 6 rings (SSSR count). The lowest BCUT2D eigenvalue weighted by atomic mass is 10.2. The van der Waals surface area contributed by atoms with E-state index in [2.05, 4.69) is 15.5 Å². The zero-order valence-electron chi connectivity index (χ0n) is 18.7. The van der Waals surface area contributed by atoms with E-state index in [4.69, 9.17) is 9.47 Å². The Morgan fingerprint density at radius 3 is 2.79 bits per heavy atom. The number of para-hydroxylation sites is 1. The number of aryl methyl sites for hydroxylation is 1. The van der Waals surface area contributed by atoms with Crippen LogP contribution in [0.2, 0.25) is 0 Å². The SMILES string of the molecule is Cc1ccccc1-n1ncc2c(C3CC3)nn(CC(=O)NCc3ccc4c(c3)OCO4)c(=O)c21. The summed E-state index contributed by atoms with van der Waals surface area (Å²) in [5.74, 6) is 1.35. The maximum atomic E-state index is 13.5. The molecule has 0 unspecified atom stereocenters. The van der Waals surface area contributed by atoms with Gasteiger partial charge in [0.05, 0.1) is 17.6 Å². The van der Waals surface area contributed by atoms with E-state index < -0.39 is 0 Å². The first kappa shape index (κ1) is 20.5. The second-order valence-electron chi connectivity index (χ2n) is 8.69. The van der Waals surface area contributed by atoms with E-state index >= 15 is 0 Å². The van der Waals surface area contributed by atoms with Gasteiger partial charge in [0.1, 0.15) is 12.1 Å². The number of nitrogens with zero attached hydrogens (tertiary/aromatic N) is 4. The summed E-state index contributed by atoms with van der Waals surface area (Å²) in [6.45, 7) is 2.32. The van der Waals surface area contributed by atoms with Crippen molar-refractivity contribution in [2.24, 2.45) is 0 Å². The molecule has 0 bridgehead atoms. The van der Waals surface area contributed by atoms with Crippen molar-refractivity contribution in [1.82, 2.24) is 24.9 Å². The van der Waals surface area contributed by atoms with Crippen LogP contribution in [0.5, 0.6) is 11.5 Å². The van der Waals surface area contributed by atoms with Gasteiger partial charge in [-0.3, -0.25) is 9.59 Å². The molecule has 2 aromatic carbocycles. The van der Waals surface area contributed by atoms with Gasteiger partial charge in [-0.15, -0.1) is 0 Å². The van der Waals surface area contributed by atoms with Crippen LogP contribution >= 0.6 is 0 Å². The molecule has 0 saturated heterocycles. The predicted octanol–water partition coefficient (Wildman–Crippen LogP) is 2.81. The predicted molar refractivity (Wildman–Crippen MR) is 124 cm³/mol. The monoisotopic (exact) mass is 457 g/mol. The number of aromatic nitrogens is 4. The van der Waals surface area contributed by atoms with Gasteiger partial charge in [-0.25, -0.2) is 9.36 Å². The summed E-state index contributed by atoms with van der Waals surface area (Å²) in [5, 5.41) is 12.7. The van der Waals surface area contributed by atoms with Crippen molar-refractivity contribution in [2.45, 2.75) is 38.8 Å². The molecule has 4 aromatic rings. The van der Waals surface area contributed by atoms with Gasteiger partial charge in [0.15, 0.2) is 11.5 Å². The Labute approximate surface area is 194 Å². The lowest BCUT2D eigenvalue weighted by Gasteiger charge is -2.11. The third-order valence-electron chi connectivity index (χ3n) is 6.24. The maximum absolute atomic E-state index is 13.5. The standard InChI is InChI=1S/C25H23N5O4/c1-15-4-2-3-5-19(15)30-24-18(12-27-30)23(17-7-8-17)28-29(25(24)32)13-22(31)26-11-16-6-9-20-21(10-16)34-14-33-20/h2-6,9-10,12,17H,7-8,11,13-14H2,1H3,(H,26,31). The van der Waals surface area contributed by atoms with Crippen molar-refractivity contribution in [3.8, 4) is 17.2 Å². The minimum atomic E-state index is -0.335. The molecule has 1 saturated carbocycles. The molecule has 2 aliphatic rings. The number of carbonyl (C=O) groups excluding carboxylic acids is 1. The smallest absolute Gasteiger partial charge is 0.293 e. The van der Waals surface area contributed by atoms with Crippen LogP contribution in [0.25, 0.3) is 16.6 Å². The number of carbonyl (C=O) groups is 1. The highest BCUT2D eigenvalue weighted by atomic mass is 16.7. The Morgan fingerprint density at radius 1 is 1.15 bits per heavy atom. The number of nitrogens with one attached hydrogen (secondary N) is 1. The van der Waals surface area contributed by atoms with Crippen LogP contribution in [0.15, 0.2) is 53.5 Å². The number of benzene rings is 2. The van der Waals surface area contributed by atoms with E-state index in [1.54, 1.807) is 10.9 Å². The average Bonchev–Trinajstić information content (AvgIpc) is 3.41. The summed E-state index contributed by atoms with van der Waals surface area (Å²) in [6.07, 6.45) is 3.76. The first-order chi connectivity index (χ1) is 16.6. The lowest BCUT2D eigenvalue weighted by molar-refractivity contribution is -0.122. The highest BCUT2D eigenvalue weighted by molar-refractivity contribution is 5.83. The molecule has 34 heavy (non-hydrogen) atoms. The van der Waals surface area contributed by atoms with E-state index in [0.717, 1.165) is 40.7 Å². The summed E-state index contributed by atoms with van der Waals surface area (Å²) in [4.78, 5) is 26.2. The Kier molecular flexibility index (Phi) is 4.83. The van der Waals surface area contributed by atoms with Crippen molar-refractivity contribution in [2.75, 3.05) is 6.79 Å². The van der Waals surface area contributed by atoms with Crippen molar-refractivity contribution < 1.29 is 14.3 Å². The molecule has 1 aliphatic carbocycles. The van der Waals surface area contributed by atoms with Gasteiger partial charge in [-0.05, 0) is 49.1 Å². The molecule has 0 spiro atoms. The van der Waals surface area contributed by atoms with Gasteiger partial charge in [0, 0.05) is 17.8 Å². The molecule has 3 heterocycles. The highest BCUT2D eigenvalue weighted by Crippen LogP contribution is 2.41. The summed E-state index contributed by atoms with van der Waals surface area (Å²) in [5.41, 5.74) is 3.67. The van der Waals surface area contributed by atoms with Crippen LogP contribution in [0.4, 0.5) is 0 Å². The molecule has 0 atom stereocenters. The van der Waals surface area contributed by atoms with Gasteiger partial charge in [-0.1, -0.05) is 24.3 Å². The van der Waals surface area contributed by atoms with Crippen molar-refractivity contribution >= 4 is 16.8 Å². The molecule has 1 N–H and O–H groups in total. The quantitative estimate of drug-likeness (QED) is 0.478. The topological polar surface area (TPSA) is 100 Å². The molecular weight excluding hydrogens is 434 g/mol. The summed E-state index contributed by atoms with van der Waals surface area (Å²) < 4.78 is 13.6. The molecule has 1 fully saturated rings. The second kappa shape index (κ2) is 8.02. The Morgan fingerprint density at radius 2 is 1.97 bits per heavy atom. The van der Waals surface area contributed by atoms with E-state index in [1.807, 2.05) is 49.4 Å². The average molecular weight is 457 g/mol. The van der Waals surface area contributed by atoms with Gasteiger partial charge < -0.3 is 14.8 Å². The third-order valence-corrected chi connectivity index (χ3v) is 6.24. The number of hydrogen-bond donors (Lipinski definition) is 1. The van der Waals surface area contributed by atoms with Crippen molar-refractivity contribution in [1.29, 1.82) is 0 Å². The van der Waals surface area contributed by atoms with Gasteiger partial charge >= 0.3 is 0 Å². The van der Waals surface area contributed by atoms with Crippen LogP contribution < -0.4 is 20.3 Å². The molecule has 0 radical (unpaired) electrons. The first-order valence-corrected chi connectivity index (χ1v) is 11.3. The van der Waals surface area contributed by atoms with Gasteiger partial charge in [0.25, 0.3) is 5.56 Å². The minimum Gasteiger partial charge on any atom is -0.454 e. The molecule has 9 nitrogen and oxygen atoms in total. The fraction of sp³-hybridized carbons (Fsp3) is 0.280. The molecule has 172 valence electrons. The number of rotatable bonds is 6. The summed E-state index contributed by atoms with van der Waals surface area (Å²) in [6, 6.07) is 13.3. The lowest BCUT2D eigenvalue weighted by Crippen LogP contribution is -2.34. The van der Waals surface area contributed by atoms with E-state index in [-0.39, 0.29) is 24.8 Å². The fourth-order valence-electron chi connectivity index (χ4n) is 4.29. The number of ether oxygens (including phenoxy) is 2. The number of fused-ring (bicyclic) bond motifs is 2. The van der Waals surface area contributed by atoms with Crippen LogP contribution in [0.3, 0.4) is 0 Å². The molecule has 1 amide bonds. The van der Waals surface area contributed by atoms with Crippen molar-refractivity contribution in [3.63, 3.8) is 0 Å². The van der Waals surface area contributed by atoms with Gasteiger partial charge in [0.2, 0.25) is 12.7 Å². The van der Waals surface area contributed by atoms with E-state index in [9.17, 15) is 9.59 Å². The largest absolute Gasteiger partial charge is 0.454 e. The zero-order valence-corrected chi connectivity index (χ0v) is 18.7. The number of hydrogen-bond acceptors (Lipinski definition) is 6. The maximum Gasteiger partial charge on any atom is 0.293 e. The summed E-state index contributed by atoms with van der Waals surface area (Å²) >= 11 is 0. The van der Waals surface area contributed by atoms with Crippen LogP contribution in [-0.4, -0.2) is 32.3 Å². The third kappa shape index (κ3) is 3.59. The van der Waals surface area contributed by atoms with Crippen LogP contribution in [-0.2, 0) is 17.9 Å². The van der Waals surface area contributed by atoms with E-state index in [0.29, 0.717) is 29.5 Å². The zero-order chi connectivity index (χ0) is 23.2. The highest BCUT2D eigenvalue weighted by Gasteiger charge is 2.30. The minimum absolute atomic E-state index is 0.169. The fourth-order valence-corrected chi connectivity index (χ4v) is 4.29. The summed E-state index contributed by atoms with van der Waals surface area (Å²) in [7, 11) is 0. The Bertz CT molecular complexity index is 1480. The second-order valence-corrected chi connectivity index (χ2v) is 8.69. The Balaban J connectivity index is 1.30. The van der Waals surface area contributed by atoms with Gasteiger partial charge in [-0.2, -0.15) is 10.2 Å². The molecular formula is C25H23N5O4. The Hall–Kier alpha value is -4.14. The van der Waals surface area contributed by atoms with E-state index in [1.165, 1.54) is 4.68 Å².